The van der Waals surface area contributed by atoms with Gasteiger partial charge in [0.05, 0.1) is 5.69 Å². The van der Waals surface area contributed by atoms with E-state index in [9.17, 15) is 4.39 Å². The van der Waals surface area contributed by atoms with E-state index in [-0.39, 0.29) is 5.82 Å². The van der Waals surface area contributed by atoms with Crippen LogP contribution in [0.5, 0.6) is 0 Å². The molecule has 0 saturated carbocycles. The molecular weight excluding hydrogens is 233 g/mol. The summed E-state index contributed by atoms with van der Waals surface area (Å²) in [4.78, 5) is 2.20. The highest BCUT2D eigenvalue weighted by Gasteiger charge is 2.25. The minimum Gasteiger partial charge on any atom is -0.368 e. The molecule has 1 unspecified atom stereocenters. The molecule has 1 aromatic rings. The van der Waals surface area contributed by atoms with Crippen molar-refractivity contribution < 1.29 is 4.39 Å². The Morgan fingerprint density at radius 1 is 1.54 bits per heavy atom. The van der Waals surface area contributed by atoms with Gasteiger partial charge in [-0.1, -0.05) is 0 Å². The lowest BCUT2D eigenvalue weighted by Crippen LogP contribution is -2.45. The molecule has 1 aliphatic heterocycles. The van der Waals surface area contributed by atoms with Gasteiger partial charge in [0, 0.05) is 17.1 Å². The molecule has 0 N–H and O–H groups in total. The van der Waals surface area contributed by atoms with E-state index in [1.54, 1.807) is 12.1 Å². The number of benzene rings is 1. The Balaban J connectivity index is 2.33. The van der Waals surface area contributed by atoms with Gasteiger partial charge in [0.25, 0.3) is 0 Å². The van der Waals surface area contributed by atoms with Crippen LogP contribution in [0.2, 0.25) is 0 Å². The van der Waals surface area contributed by atoms with Gasteiger partial charge in [0.2, 0.25) is 0 Å². The SMILES string of the molecule is CC1CCN1c1cc(F)ccc1Br. The zero-order valence-electron chi connectivity index (χ0n) is 7.43. The summed E-state index contributed by atoms with van der Waals surface area (Å²) in [6.07, 6.45) is 1.20. The number of hydrogen-bond acceptors (Lipinski definition) is 1. The molecule has 0 aliphatic carbocycles. The average Bonchev–Trinajstić information content (AvgIpc) is 2.09. The lowest BCUT2D eigenvalue weighted by Gasteiger charge is -2.41. The van der Waals surface area contributed by atoms with Crippen LogP contribution < -0.4 is 4.90 Å². The maximum atomic E-state index is 12.9. The van der Waals surface area contributed by atoms with Crippen LogP contribution in [0.3, 0.4) is 0 Å². The van der Waals surface area contributed by atoms with Crippen molar-refractivity contribution in [2.75, 3.05) is 11.4 Å². The Hall–Kier alpha value is -0.570. The van der Waals surface area contributed by atoms with Gasteiger partial charge in [-0.05, 0) is 47.5 Å². The van der Waals surface area contributed by atoms with Crippen LogP contribution in [0.25, 0.3) is 0 Å². The van der Waals surface area contributed by atoms with Crippen LogP contribution >= 0.6 is 15.9 Å². The summed E-state index contributed by atoms with van der Waals surface area (Å²) in [5.74, 6) is -0.169. The van der Waals surface area contributed by atoms with Crippen molar-refractivity contribution in [2.24, 2.45) is 0 Å². The van der Waals surface area contributed by atoms with E-state index in [1.807, 2.05) is 0 Å². The van der Waals surface area contributed by atoms with Crippen LogP contribution in [0.15, 0.2) is 22.7 Å². The van der Waals surface area contributed by atoms with Gasteiger partial charge in [-0.15, -0.1) is 0 Å². The molecule has 70 valence electrons. The minimum atomic E-state index is -0.169. The fraction of sp³-hybridized carbons (Fsp3) is 0.400. The number of hydrogen-bond donors (Lipinski definition) is 0. The molecular formula is C10H11BrFN. The van der Waals surface area contributed by atoms with Gasteiger partial charge in [0.15, 0.2) is 0 Å². The largest absolute Gasteiger partial charge is 0.368 e. The third-order valence-corrected chi connectivity index (χ3v) is 3.21. The number of rotatable bonds is 1. The molecule has 0 spiro atoms. The van der Waals surface area contributed by atoms with E-state index in [1.165, 1.54) is 12.5 Å². The first-order valence-electron chi connectivity index (χ1n) is 4.40. The third kappa shape index (κ3) is 1.57. The van der Waals surface area contributed by atoms with E-state index in [0.29, 0.717) is 6.04 Å². The summed E-state index contributed by atoms with van der Waals surface area (Å²) in [5.41, 5.74) is 0.971. The molecule has 1 aliphatic rings. The Kier molecular flexibility index (Phi) is 2.28. The zero-order valence-corrected chi connectivity index (χ0v) is 9.01. The number of halogens is 2. The van der Waals surface area contributed by atoms with Gasteiger partial charge in [-0.3, -0.25) is 0 Å². The van der Waals surface area contributed by atoms with E-state index in [2.05, 4.69) is 27.8 Å². The molecule has 1 fully saturated rings. The summed E-state index contributed by atoms with van der Waals surface area (Å²) in [6, 6.07) is 5.35. The van der Waals surface area contributed by atoms with Gasteiger partial charge < -0.3 is 4.90 Å². The lowest BCUT2D eigenvalue weighted by atomic mass is 10.0. The second-order valence-corrected chi connectivity index (χ2v) is 4.28. The second-order valence-electron chi connectivity index (χ2n) is 3.43. The van der Waals surface area contributed by atoms with Crippen molar-refractivity contribution >= 4 is 21.6 Å². The van der Waals surface area contributed by atoms with Crippen LogP contribution in [0.1, 0.15) is 13.3 Å². The molecule has 0 aromatic heterocycles. The van der Waals surface area contributed by atoms with Crippen molar-refractivity contribution in [1.29, 1.82) is 0 Å². The highest BCUT2D eigenvalue weighted by atomic mass is 79.9. The normalized spacial score (nSPS) is 21.5. The van der Waals surface area contributed by atoms with Gasteiger partial charge in [0.1, 0.15) is 5.82 Å². The topological polar surface area (TPSA) is 3.24 Å². The zero-order chi connectivity index (χ0) is 9.42. The first kappa shape index (κ1) is 9.00. The maximum Gasteiger partial charge on any atom is 0.125 e. The smallest absolute Gasteiger partial charge is 0.125 e. The highest BCUT2D eigenvalue weighted by Crippen LogP contribution is 2.33. The van der Waals surface area contributed by atoms with Crippen molar-refractivity contribution in [1.82, 2.24) is 0 Å². The molecule has 0 radical (unpaired) electrons. The number of anilines is 1. The molecule has 1 heterocycles. The predicted octanol–water partition coefficient (Wildman–Crippen LogP) is 3.19. The Morgan fingerprint density at radius 2 is 2.31 bits per heavy atom. The first-order chi connectivity index (χ1) is 6.18. The number of nitrogens with zero attached hydrogens (tertiary/aromatic N) is 1. The van der Waals surface area contributed by atoms with Crippen LogP contribution in [0.4, 0.5) is 10.1 Å². The lowest BCUT2D eigenvalue weighted by molar-refractivity contribution is 0.479. The summed E-state index contributed by atoms with van der Waals surface area (Å²) in [7, 11) is 0. The van der Waals surface area contributed by atoms with E-state index >= 15 is 0 Å². The maximum absolute atomic E-state index is 12.9. The van der Waals surface area contributed by atoms with Crippen molar-refractivity contribution in [3.63, 3.8) is 0 Å². The van der Waals surface area contributed by atoms with Gasteiger partial charge >= 0.3 is 0 Å². The Morgan fingerprint density at radius 3 is 2.85 bits per heavy atom. The second kappa shape index (κ2) is 3.29. The third-order valence-electron chi connectivity index (χ3n) is 2.54. The van der Waals surface area contributed by atoms with Crippen LogP contribution in [-0.2, 0) is 0 Å². The Labute approximate surface area is 85.7 Å². The molecule has 1 atom stereocenters. The minimum absolute atomic E-state index is 0.169. The summed E-state index contributed by atoms with van der Waals surface area (Å²) >= 11 is 3.42. The molecule has 13 heavy (non-hydrogen) atoms. The van der Waals surface area contributed by atoms with Crippen molar-refractivity contribution in [3.8, 4) is 0 Å². The first-order valence-corrected chi connectivity index (χ1v) is 5.19. The molecule has 3 heteroatoms. The molecule has 0 bridgehead atoms. The van der Waals surface area contributed by atoms with E-state index < -0.39 is 0 Å². The molecule has 1 nitrogen and oxygen atoms in total. The van der Waals surface area contributed by atoms with Crippen molar-refractivity contribution in [3.05, 3.63) is 28.5 Å². The highest BCUT2D eigenvalue weighted by molar-refractivity contribution is 9.10. The Bertz CT molecular complexity index is 327. The molecule has 2 rings (SSSR count). The molecule has 1 saturated heterocycles. The monoisotopic (exact) mass is 243 g/mol. The molecule has 0 amide bonds. The van der Waals surface area contributed by atoms with Gasteiger partial charge in [-0.2, -0.15) is 0 Å². The van der Waals surface area contributed by atoms with E-state index in [4.69, 9.17) is 0 Å². The van der Waals surface area contributed by atoms with Gasteiger partial charge in [-0.25, -0.2) is 4.39 Å². The fourth-order valence-electron chi connectivity index (χ4n) is 1.58. The average molecular weight is 244 g/mol. The van der Waals surface area contributed by atoms with Crippen LogP contribution in [0, 0.1) is 5.82 Å². The fourth-order valence-corrected chi connectivity index (χ4v) is 2.05. The standard InChI is InChI=1S/C10H11BrFN/c1-7-4-5-13(7)10-6-8(12)2-3-9(10)11/h2-3,6-7H,4-5H2,1H3. The summed E-state index contributed by atoms with van der Waals surface area (Å²) < 4.78 is 13.9. The van der Waals surface area contributed by atoms with Crippen LogP contribution in [-0.4, -0.2) is 12.6 Å². The summed E-state index contributed by atoms with van der Waals surface area (Å²) in [6.45, 7) is 3.18. The quantitative estimate of drug-likeness (QED) is 0.733. The molecule has 1 aromatic carbocycles. The summed E-state index contributed by atoms with van der Waals surface area (Å²) in [5, 5.41) is 0. The van der Waals surface area contributed by atoms with Crippen molar-refractivity contribution in [2.45, 2.75) is 19.4 Å². The predicted molar refractivity (Wildman–Crippen MR) is 55.5 cm³/mol. The van der Waals surface area contributed by atoms with E-state index in [0.717, 1.165) is 16.7 Å².